The molecule has 3 heteroatoms. The highest BCUT2D eigenvalue weighted by atomic mass is 15.0. The Morgan fingerprint density at radius 1 is 0.944 bits per heavy atom. The lowest BCUT2D eigenvalue weighted by atomic mass is 10.0. The number of hydrogen-bond donors (Lipinski definition) is 1. The van der Waals surface area contributed by atoms with E-state index in [1.807, 2.05) is 20.9 Å². The molecule has 0 saturated carbocycles. The van der Waals surface area contributed by atoms with Gasteiger partial charge in [-0.3, -0.25) is 0 Å². The minimum atomic E-state index is 0.795. The lowest BCUT2D eigenvalue weighted by Crippen LogP contribution is -2.03. The van der Waals surface area contributed by atoms with Crippen molar-refractivity contribution in [3.63, 3.8) is 0 Å². The van der Waals surface area contributed by atoms with E-state index in [0.29, 0.717) is 0 Å². The van der Waals surface area contributed by atoms with Crippen LogP contribution in [0.2, 0.25) is 0 Å². The summed E-state index contributed by atoms with van der Waals surface area (Å²) < 4.78 is 0. The third-order valence-electron chi connectivity index (χ3n) is 3.47. The van der Waals surface area contributed by atoms with Crippen molar-refractivity contribution >= 4 is 5.82 Å². The van der Waals surface area contributed by atoms with Crippen LogP contribution in [-0.4, -0.2) is 17.0 Å². The molecule has 0 bridgehead atoms. The fourth-order valence-corrected chi connectivity index (χ4v) is 1.99. The second-order valence-electron chi connectivity index (χ2n) is 4.60. The lowest BCUT2D eigenvalue weighted by molar-refractivity contribution is 1.06. The largest absolute Gasteiger partial charge is 0.373 e. The van der Waals surface area contributed by atoms with Crippen LogP contribution >= 0.6 is 0 Å². The Morgan fingerprint density at radius 2 is 1.67 bits per heavy atom. The number of nitrogens with zero attached hydrogens (tertiary/aromatic N) is 2. The molecular formula is C15H19N3. The third kappa shape index (κ3) is 2.08. The molecule has 3 nitrogen and oxygen atoms in total. The number of benzene rings is 1. The van der Waals surface area contributed by atoms with Crippen molar-refractivity contribution in [2.75, 3.05) is 12.4 Å². The first-order chi connectivity index (χ1) is 8.54. The number of aromatic nitrogens is 2. The Bertz CT molecular complexity index is 589. The van der Waals surface area contributed by atoms with Crippen molar-refractivity contribution < 1.29 is 0 Å². The average molecular weight is 241 g/mol. The summed E-state index contributed by atoms with van der Waals surface area (Å²) in [4.78, 5) is 9.20. The summed E-state index contributed by atoms with van der Waals surface area (Å²) in [6.07, 6.45) is 0. The van der Waals surface area contributed by atoms with Crippen LogP contribution in [0, 0.1) is 27.7 Å². The van der Waals surface area contributed by atoms with Gasteiger partial charge in [0, 0.05) is 23.9 Å². The molecule has 0 atom stereocenters. The van der Waals surface area contributed by atoms with E-state index in [1.54, 1.807) is 0 Å². The average Bonchev–Trinajstić information content (AvgIpc) is 2.36. The van der Waals surface area contributed by atoms with Gasteiger partial charge in [-0.25, -0.2) is 9.97 Å². The van der Waals surface area contributed by atoms with Crippen LogP contribution in [-0.2, 0) is 0 Å². The third-order valence-corrected chi connectivity index (χ3v) is 3.47. The van der Waals surface area contributed by atoms with Gasteiger partial charge in [0.2, 0.25) is 0 Å². The molecule has 0 amide bonds. The molecule has 1 heterocycles. The predicted octanol–water partition coefficient (Wildman–Crippen LogP) is 3.42. The summed E-state index contributed by atoms with van der Waals surface area (Å²) in [7, 11) is 1.89. The van der Waals surface area contributed by atoms with Gasteiger partial charge in [-0.1, -0.05) is 18.2 Å². The zero-order valence-electron chi connectivity index (χ0n) is 11.6. The molecule has 0 radical (unpaired) electrons. The van der Waals surface area contributed by atoms with Gasteiger partial charge in [-0.15, -0.1) is 0 Å². The van der Waals surface area contributed by atoms with Gasteiger partial charge in [0.1, 0.15) is 5.82 Å². The Labute approximate surface area is 108 Å². The Morgan fingerprint density at radius 3 is 2.33 bits per heavy atom. The number of anilines is 1. The minimum absolute atomic E-state index is 0.795. The molecule has 0 aliphatic rings. The SMILES string of the molecule is CNc1nc(-c2cccc(C)c2C)nc(C)c1C. The standard InChI is InChI=1S/C15H19N3/c1-9-7-6-8-13(10(9)2)15-17-12(4)11(3)14(16-5)18-15/h6-8H,1-5H3,(H,16,17,18). The van der Waals surface area contributed by atoms with Crippen LogP contribution < -0.4 is 5.32 Å². The second-order valence-corrected chi connectivity index (χ2v) is 4.60. The maximum absolute atomic E-state index is 4.60. The first-order valence-corrected chi connectivity index (χ1v) is 6.14. The van der Waals surface area contributed by atoms with E-state index in [-0.39, 0.29) is 0 Å². The van der Waals surface area contributed by atoms with E-state index in [9.17, 15) is 0 Å². The van der Waals surface area contributed by atoms with Crippen molar-refractivity contribution in [3.8, 4) is 11.4 Å². The van der Waals surface area contributed by atoms with Gasteiger partial charge in [0.05, 0.1) is 0 Å². The highest BCUT2D eigenvalue weighted by Crippen LogP contribution is 2.25. The quantitative estimate of drug-likeness (QED) is 0.875. The van der Waals surface area contributed by atoms with Crippen LogP contribution in [0.3, 0.4) is 0 Å². The molecule has 94 valence electrons. The molecule has 1 aromatic heterocycles. The number of hydrogen-bond acceptors (Lipinski definition) is 3. The molecule has 0 saturated heterocycles. The summed E-state index contributed by atoms with van der Waals surface area (Å²) >= 11 is 0. The zero-order chi connectivity index (χ0) is 13.3. The van der Waals surface area contributed by atoms with Gasteiger partial charge in [0.15, 0.2) is 5.82 Å². The number of aryl methyl sites for hydroxylation is 2. The maximum Gasteiger partial charge on any atom is 0.162 e. The molecule has 0 aliphatic heterocycles. The van der Waals surface area contributed by atoms with Crippen LogP contribution in [0.1, 0.15) is 22.4 Å². The maximum atomic E-state index is 4.60. The summed E-state index contributed by atoms with van der Waals surface area (Å²) in [5.41, 5.74) is 5.73. The van der Waals surface area contributed by atoms with Crippen molar-refractivity contribution in [2.24, 2.45) is 0 Å². The van der Waals surface area contributed by atoms with Crippen molar-refractivity contribution in [1.29, 1.82) is 0 Å². The zero-order valence-corrected chi connectivity index (χ0v) is 11.6. The molecule has 0 fully saturated rings. The van der Waals surface area contributed by atoms with Gasteiger partial charge >= 0.3 is 0 Å². The van der Waals surface area contributed by atoms with Crippen LogP contribution in [0.25, 0.3) is 11.4 Å². The van der Waals surface area contributed by atoms with Crippen LogP contribution in [0.15, 0.2) is 18.2 Å². The molecule has 18 heavy (non-hydrogen) atoms. The minimum Gasteiger partial charge on any atom is -0.373 e. The fourth-order valence-electron chi connectivity index (χ4n) is 1.99. The normalized spacial score (nSPS) is 10.5. The Kier molecular flexibility index (Phi) is 3.32. The summed E-state index contributed by atoms with van der Waals surface area (Å²) in [5.74, 6) is 1.70. The molecule has 2 aromatic rings. The van der Waals surface area contributed by atoms with Crippen LogP contribution in [0.5, 0.6) is 0 Å². The van der Waals surface area contributed by atoms with E-state index >= 15 is 0 Å². The monoisotopic (exact) mass is 241 g/mol. The summed E-state index contributed by atoms with van der Waals surface area (Å²) in [6, 6.07) is 6.24. The van der Waals surface area contributed by atoms with Gasteiger partial charge < -0.3 is 5.32 Å². The summed E-state index contributed by atoms with van der Waals surface area (Å²) in [6.45, 7) is 8.28. The molecule has 0 spiro atoms. The lowest BCUT2D eigenvalue weighted by Gasteiger charge is -2.12. The Balaban J connectivity index is 2.64. The van der Waals surface area contributed by atoms with E-state index in [2.05, 4.69) is 47.3 Å². The van der Waals surface area contributed by atoms with Crippen molar-refractivity contribution in [1.82, 2.24) is 9.97 Å². The fraction of sp³-hybridized carbons (Fsp3) is 0.333. The summed E-state index contributed by atoms with van der Waals surface area (Å²) in [5, 5.41) is 3.13. The number of rotatable bonds is 2. The van der Waals surface area contributed by atoms with E-state index in [0.717, 1.165) is 28.5 Å². The molecular weight excluding hydrogens is 222 g/mol. The molecule has 2 rings (SSSR count). The van der Waals surface area contributed by atoms with Crippen molar-refractivity contribution in [2.45, 2.75) is 27.7 Å². The Hall–Kier alpha value is -1.90. The first-order valence-electron chi connectivity index (χ1n) is 6.14. The highest BCUT2D eigenvalue weighted by Gasteiger charge is 2.11. The predicted molar refractivity (Wildman–Crippen MR) is 76.0 cm³/mol. The topological polar surface area (TPSA) is 37.8 Å². The smallest absolute Gasteiger partial charge is 0.162 e. The van der Waals surface area contributed by atoms with E-state index in [4.69, 9.17) is 0 Å². The molecule has 0 unspecified atom stereocenters. The first kappa shape index (κ1) is 12.6. The van der Waals surface area contributed by atoms with Gasteiger partial charge in [-0.2, -0.15) is 0 Å². The van der Waals surface area contributed by atoms with Gasteiger partial charge in [-0.05, 0) is 38.8 Å². The molecule has 0 aliphatic carbocycles. The van der Waals surface area contributed by atoms with E-state index in [1.165, 1.54) is 11.1 Å². The number of nitrogens with one attached hydrogen (secondary N) is 1. The molecule has 1 N–H and O–H groups in total. The highest BCUT2D eigenvalue weighted by molar-refractivity contribution is 5.64. The second kappa shape index (κ2) is 4.77. The van der Waals surface area contributed by atoms with E-state index < -0.39 is 0 Å². The molecule has 1 aromatic carbocycles. The van der Waals surface area contributed by atoms with Gasteiger partial charge in [0.25, 0.3) is 0 Å². The van der Waals surface area contributed by atoms with Crippen LogP contribution in [0.4, 0.5) is 5.82 Å². The van der Waals surface area contributed by atoms with Crippen molar-refractivity contribution in [3.05, 3.63) is 40.6 Å².